The van der Waals surface area contributed by atoms with Gasteiger partial charge in [0.1, 0.15) is 0 Å². The first kappa shape index (κ1) is 19.2. The van der Waals surface area contributed by atoms with Crippen molar-refractivity contribution in [1.82, 2.24) is 15.5 Å². The first-order valence-corrected chi connectivity index (χ1v) is 9.96. The number of ether oxygens (including phenoxy) is 1. The van der Waals surface area contributed by atoms with Gasteiger partial charge in [0.15, 0.2) is 5.96 Å². The molecule has 0 amide bonds. The van der Waals surface area contributed by atoms with Gasteiger partial charge in [0.25, 0.3) is 0 Å². The van der Waals surface area contributed by atoms with E-state index >= 15 is 0 Å². The maximum Gasteiger partial charge on any atom is 0.191 e. The molecule has 0 bridgehead atoms. The lowest BCUT2D eigenvalue weighted by molar-refractivity contribution is -0.00683. The van der Waals surface area contributed by atoms with E-state index in [1.54, 1.807) is 0 Å². The molecule has 1 aromatic rings. The molecule has 1 saturated heterocycles. The Bertz CT molecular complexity index is 589. The minimum atomic E-state index is 0.0445. The summed E-state index contributed by atoms with van der Waals surface area (Å²) in [6.07, 6.45) is 2.51. The summed E-state index contributed by atoms with van der Waals surface area (Å²) in [7, 11) is 0. The third-order valence-corrected chi connectivity index (χ3v) is 5.67. The van der Waals surface area contributed by atoms with Gasteiger partial charge in [0, 0.05) is 37.1 Å². The number of morpholine rings is 1. The molecule has 2 aliphatic rings. The van der Waals surface area contributed by atoms with Gasteiger partial charge in [-0.1, -0.05) is 30.3 Å². The molecule has 0 unspecified atom stereocenters. The van der Waals surface area contributed by atoms with E-state index in [1.807, 2.05) is 0 Å². The van der Waals surface area contributed by atoms with Crippen LogP contribution in [0.15, 0.2) is 35.3 Å². The molecule has 3 rings (SSSR count). The highest BCUT2D eigenvalue weighted by Crippen LogP contribution is 2.47. The Morgan fingerprint density at radius 1 is 1.15 bits per heavy atom. The number of rotatable bonds is 7. The van der Waals surface area contributed by atoms with Crippen LogP contribution in [-0.4, -0.2) is 62.3 Å². The zero-order valence-corrected chi connectivity index (χ0v) is 16.6. The molecule has 0 aromatic heterocycles. The molecule has 1 aliphatic heterocycles. The summed E-state index contributed by atoms with van der Waals surface area (Å²) in [4.78, 5) is 7.38. The van der Waals surface area contributed by atoms with Crippen LogP contribution in [0.3, 0.4) is 0 Å². The van der Waals surface area contributed by atoms with E-state index in [0.29, 0.717) is 0 Å². The number of guanidine groups is 1. The van der Waals surface area contributed by atoms with Gasteiger partial charge in [-0.25, -0.2) is 0 Å². The third-order valence-electron chi connectivity index (χ3n) is 5.67. The summed E-state index contributed by atoms with van der Waals surface area (Å²) >= 11 is 0. The molecule has 0 spiro atoms. The quantitative estimate of drug-likeness (QED) is 0.580. The second-order valence-electron chi connectivity index (χ2n) is 8.11. The molecule has 1 aliphatic carbocycles. The maximum absolute atomic E-state index is 5.48. The van der Waals surface area contributed by atoms with Crippen LogP contribution >= 0.6 is 0 Å². The molecular formula is C21H34N4O. The fourth-order valence-corrected chi connectivity index (χ4v) is 3.65. The number of nitrogens with zero attached hydrogens (tertiary/aromatic N) is 2. The molecule has 1 aromatic carbocycles. The summed E-state index contributed by atoms with van der Waals surface area (Å²) < 4.78 is 5.48. The van der Waals surface area contributed by atoms with Crippen molar-refractivity contribution in [2.24, 2.45) is 4.99 Å². The van der Waals surface area contributed by atoms with Crippen molar-refractivity contribution in [3.63, 3.8) is 0 Å². The number of aliphatic imine (C=N–C) groups is 1. The maximum atomic E-state index is 5.48. The first-order chi connectivity index (χ1) is 12.6. The van der Waals surface area contributed by atoms with Crippen LogP contribution in [0.4, 0.5) is 0 Å². The van der Waals surface area contributed by atoms with E-state index in [1.165, 1.54) is 18.4 Å². The average molecular weight is 359 g/mol. The van der Waals surface area contributed by atoms with Gasteiger partial charge >= 0.3 is 0 Å². The Morgan fingerprint density at radius 2 is 1.85 bits per heavy atom. The second kappa shape index (κ2) is 8.40. The van der Waals surface area contributed by atoms with E-state index in [4.69, 9.17) is 9.73 Å². The van der Waals surface area contributed by atoms with E-state index in [9.17, 15) is 0 Å². The molecule has 1 saturated carbocycles. The van der Waals surface area contributed by atoms with E-state index in [0.717, 1.165) is 51.9 Å². The summed E-state index contributed by atoms with van der Waals surface area (Å²) in [5.41, 5.74) is 1.78. The second-order valence-corrected chi connectivity index (χ2v) is 8.11. The third kappa shape index (κ3) is 4.77. The van der Waals surface area contributed by atoms with Crippen molar-refractivity contribution in [3.05, 3.63) is 35.9 Å². The van der Waals surface area contributed by atoms with Gasteiger partial charge in [-0.2, -0.15) is 0 Å². The van der Waals surface area contributed by atoms with Crippen LogP contribution in [0.2, 0.25) is 0 Å². The predicted molar refractivity (Wildman–Crippen MR) is 108 cm³/mol. The molecule has 5 nitrogen and oxygen atoms in total. The smallest absolute Gasteiger partial charge is 0.191 e. The van der Waals surface area contributed by atoms with Crippen molar-refractivity contribution in [3.8, 4) is 0 Å². The number of nitrogens with one attached hydrogen (secondary N) is 2. The molecule has 1 heterocycles. The number of hydrogen-bond donors (Lipinski definition) is 2. The van der Waals surface area contributed by atoms with Gasteiger partial charge in [0.2, 0.25) is 0 Å². The van der Waals surface area contributed by atoms with Crippen LogP contribution in [0.1, 0.15) is 39.2 Å². The van der Waals surface area contributed by atoms with Gasteiger partial charge in [0.05, 0.1) is 19.8 Å². The molecule has 144 valence electrons. The van der Waals surface area contributed by atoms with Gasteiger partial charge in [-0.3, -0.25) is 9.89 Å². The zero-order valence-electron chi connectivity index (χ0n) is 16.6. The highest BCUT2D eigenvalue weighted by Gasteiger charge is 2.44. The Morgan fingerprint density at radius 3 is 2.46 bits per heavy atom. The van der Waals surface area contributed by atoms with Crippen LogP contribution in [0, 0.1) is 0 Å². The van der Waals surface area contributed by atoms with Crippen LogP contribution in [0.5, 0.6) is 0 Å². The van der Waals surface area contributed by atoms with E-state index in [2.05, 4.69) is 66.6 Å². The SMILES string of the molecule is CCNC(=NCC(C)(C)N1CCOCC1)NCC1(c2ccccc2)CC1. The molecular weight excluding hydrogens is 324 g/mol. The van der Waals surface area contributed by atoms with E-state index in [-0.39, 0.29) is 11.0 Å². The van der Waals surface area contributed by atoms with Gasteiger partial charge in [-0.05, 0) is 39.2 Å². The molecule has 2 fully saturated rings. The first-order valence-electron chi connectivity index (χ1n) is 9.96. The fraction of sp³-hybridized carbons (Fsp3) is 0.667. The molecule has 0 radical (unpaired) electrons. The van der Waals surface area contributed by atoms with Crippen molar-refractivity contribution >= 4 is 5.96 Å². The Hall–Kier alpha value is -1.59. The van der Waals surface area contributed by atoms with Gasteiger partial charge < -0.3 is 15.4 Å². The fourth-order valence-electron chi connectivity index (χ4n) is 3.65. The minimum absolute atomic E-state index is 0.0445. The average Bonchev–Trinajstić information content (AvgIpc) is 3.47. The highest BCUT2D eigenvalue weighted by molar-refractivity contribution is 5.80. The molecule has 5 heteroatoms. The lowest BCUT2D eigenvalue weighted by Gasteiger charge is -2.40. The van der Waals surface area contributed by atoms with Crippen molar-refractivity contribution in [2.45, 2.75) is 44.6 Å². The predicted octanol–water partition coefficient (Wildman–Crippen LogP) is 2.38. The zero-order chi connectivity index (χ0) is 18.5. The lowest BCUT2D eigenvalue weighted by atomic mass is 9.96. The summed E-state index contributed by atoms with van der Waals surface area (Å²) in [6.45, 7) is 12.9. The molecule has 26 heavy (non-hydrogen) atoms. The molecule has 0 atom stereocenters. The lowest BCUT2D eigenvalue weighted by Crippen LogP contribution is -2.52. The Balaban J connectivity index is 1.59. The largest absolute Gasteiger partial charge is 0.379 e. The van der Waals surface area contributed by atoms with Crippen LogP contribution in [0.25, 0.3) is 0 Å². The van der Waals surface area contributed by atoms with Crippen molar-refractivity contribution in [2.75, 3.05) is 45.9 Å². The standard InChI is InChI=1S/C21H34N4O/c1-4-22-19(23-16-20(2,3)25-12-14-26-15-13-25)24-17-21(10-11-21)18-8-6-5-7-9-18/h5-9H,4,10-17H2,1-3H3,(H2,22,23,24). The normalized spacial score (nSPS) is 20.7. The van der Waals surface area contributed by atoms with Crippen LogP contribution < -0.4 is 10.6 Å². The van der Waals surface area contributed by atoms with E-state index < -0.39 is 0 Å². The highest BCUT2D eigenvalue weighted by atomic mass is 16.5. The Kier molecular flexibility index (Phi) is 6.20. The van der Waals surface area contributed by atoms with Crippen LogP contribution in [-0.2, 0) is 10.2 Å². The minimum Gasteiger partial charge on any atom is -0.379 e. The molecule has 2 N–H and O–H groups in total. The summed E-state index contributed by atoms with van der Waals surface area (Å²) in [6, 6.07) is 10.9. The summed E-state index contributed by atoms with van der Waals surface area (Å²) in [5.74, 6) is 0.927. The monoisotopic (exact) mass is 358 g/mol. The topological polar surface area (TPSA) is 48.9 Å². The number of benzene rings is 1. The van der Waals surface area contributed by atoms with Gasteiger partial charge in [-0.15, -0.1) is 0 Å². The number of hydrogen-bond acceptors (Lipinski definition) is 3. The van der Waals surface area contributed by atoms with Crippen molar-refractivity contribution in [1.29, 1.82) is 0 Å². The summed E-state index contributed by atoms with van der Waals surface area (Å²) in [5, 5.41) is 7.00. The Labute approximate surface area is 158 Å². The van der Waals surface area contributed by atoms with Crippen molar-refractivity contribution < 1.29 is 4.74 Å².